The van der Waals surface area contributed by atoms with Crippen LogP contribution in [0.15, 0.2) is 22.7 Å². The first-order valence-electron chi connectivity index (χ1n) is 2.53. The van der Waals surface area contributed by atoms with Gasteiger partial charge >= 0.3 is 11.9 Å². The molecule has 0 heterocycles. The van der Waals surface area contributed by atoms with Gasteiger partial charge < -0.3 is 10.2 Å². The monoisotopic (exact) mass is 220 g/mol. The third-order valence-electron chi connectivity index (χ3n) is 0.646. The molecule has 11 heavy (non-hydrogen) atoms. The number of aliphatic carboxylic acids is 2. The summed E-state index contributed by atoms with van der Waals surface area (Å²) in [6, 6.07) is 0. The van der Waals surface area contributed by atoms with Gasteiger partial charge in [0.25, 0.3) is 0 Å². The average molecular weight is 221 g/mol. The highest BCUT2D eigenvalue weighted by atomic mass is 79.9. The number of allylic oxidation sites excluding steroid dienone is 2. The number of carboxylic acid groups (broad SMARTS) is 2. The molecular weight excluding hydrogens is 216 g/mol. The zero-order valence-corrected chi connectivity index (χ0v) is 6.91. The van der Waals surface area contributed by atoms with Crippen molar-refractivity contribution in [1.82, 2.24) is 0 Å². The van der Waals surface area contributed by atoms with Gasteiger partial charge in [-0.2, -0.15) is 0 Å². The zero-order valence-electron chi connectivity index (χ0n) is 5.32. The first-order chi connectivity index (χ1) is 5.02. The number of hydrogen-bond acceptors (Lipinski definition) is 2. The fourth-order valence-electron chi connectivity index (χ4n) is 0.317. The molecular formula is C6H5BrO4. The van der Waals surface area contributed by atoms with E-state index in [1.807, 2.05) is 0 Å². The van der Waals surface area contributed by atoms with Crippen molar-refractivity contribution < 1.29 is 19.8 Å². The van der Waals surface area contributed by atoms with Crippen LogP contribution in [0.2, 0.25) is 0 Å². The van der Waals surface area contributed by atoms with E-state index in [4.69, 9.17) is 10.2 Å². The summed E-state index contributed by atoms with van der Waals surface area (Å²) in [7, 11) is 0. The summed E-state index contributed by atoms with van der Waals surface area (Å²) in [6.07, 6.45) is 2.82. The van der Waals surface area contributed by atoms with Crippen LogP contribution in [0.25, 0.3) is 0 Å². The Bertz CT molecular complexity index is 229. The molecule has 0 unspecified atom stereocenters. The minimum Gasteiger partial charge on any atom is -0.478 e. The molecule has 0 radical (unpaired) electrons. The van der Waals surface area contributed by atoms with Gasteiger partial charge in [-0.05, 0) is 6.08 Å². The van der Waals surface area contributed by atoms with Gasteiger partial charge in [0.15, 0.2) is 0 Å². The molecule has 0 aromatic rings. The molecule has 0 saturated carbocycles. The van der Waals surface area contributed by atoms with Crippen LogP contribution in [0.4, 0.5) is 0 Å². The maximum atomic E-state index is 9.97. The first kappa shape index (κ1) is 9.90. The molecule has 0 saturated heterocycles. The smallest absolute Gasteiger partial charge is 0.329 e. The van der Waals surface area contributed by atoms with Gasteiger partial charge in [-0.3, -0.25) is 0 Å². The molecule has 5 heteroatoms. The topological polar surface area (TPSA) is 74.6 Å². The van der Waals surface area contributed by atoms with Gasteiger partial charge in [-0.25, -0.2) is 9.59 Å². The van der Waals surface area contributed by atoms with Gasteiger partial charge in [-0.15, -0.1) is 0 Å². The summed E-state index contributed by atoms with van der Waals surface area (Å²) >= 11 is 2.84. The Morgan fingerprint density at radius 3 is 2.00 bits per heavy atom. The van der Waals surface area contributed by atoms with Crippen molar-refractivity contribution in [2.24, 2.45) is 0 Å². The number of halogens is 1. The zero-order chi connectivity index (χ0) is 8.85. The molecule has 0 rings (SSSR count). The predicted molar refractivity (Wildman–Crippen MR) is 41.4 cm³/mol. The van der Waals surface area contributed by atoms with Crippen LogP contribution in [0.5, 0.6) is 0 Å². The summed E-state index contributed by atoms with van der Waals surface area (Å²) in [6.45, 7) is 0. The van der Waals surface area contributed by atoms with Gasteiger partial charge in [0.1, 0.15) is 0 Å². The lowest BCUT2D eigenvalue weighted by molar-refractivity contribution is -0.132. The van der Waals surface area contributed by atoms with E-state index in [1.165, 1.54) is 0 Å². The molecule has 0 fully saturated rings. The normalized spacial score (nSPS) is 11.9. The molecule has 0 aromatic heterocycles. The van der Waals surface area contributed by atoms with E-state index in [9.17, 15) is 9.59 Å². The third-order valence-corrected chi connectivity index (χ3v) is 1.14. The van der Waals surface area contributed by atoms with Crippen molar-refractivity contribution in [3.63, 3.8) is 0 Å². The van der Waals surface area contributed by atoms with Crippen LogP contribution in [0.3, 0.4) is 0 Å². The van der Waals surface area contributed by atoms with Crippen LogP contribution in [-0.2, 0) is 9.59 Å². The van der Waals surface area contributed by atoms with E-state index in [1.54, 1.807) is 0 Å². The van der Waals surface area contributed by atoms with Crippen molar-refractivity contribution in [3.8, 4) is 0 Å². The predicted octanol–water partition coefficient (Wildman–Crippen LogP) is 0.991. The molecule has 0 spiro atoms. The molecule has 2 N–H and O–H groups in total. The minimum absolute atomic E-state index is 0.201. The summed E-state index contributed by atoms with van der Waals surface area (Å²) in [4.78, 5) is 19.9. The Kier molecular flexibility index (Phi) is 4.21. The highest BCUT2D eigenvalue weighted by molar-refractivity contribution is 9.11. The van der Waals surface area contributed by atoms with Crippen molar-refractivity contribution >= 4 is 27.9 Å². The van der Waals surface area contributed by atoms with E-state index in [2.05, 4.69) is 15.9 Å². The van der Waals surface area contributed by atoms with Gasteiger partial charge in [0.2, 0.25) is 0 Å². The Hall–Kier alpha value is -1.10. The van der Waals surface area contributed by atoms with Crippen molar-refractivity contribution in [1.29, 1.82) is 0 Å². The van der Waals surface area contributed by atoms with Crippen LogP contribution in [0.1, 0.15) is 0 Å². The van der Waals surface area contributed by atoms with Crippen molar-refractivity contribution in [2.75, 3.05) is 0 Å². The Balaban J connectivity index is 4.17. The largest absolute Gasteiger partial charge is 0.478 e. The number of carboxylic acids is 2. The summed E-state index contributed by atoms with van der Waals surface area (Å²) in [5.41, 5.74) is 0. The van der Waals surface area contributed by atoms with Crippen molar-refractivity contribution in [3.05, 3.63) is 22.7 Å². The Labute approximate surface area is 71.0 Å². The Morgan fingerprint density at radius 1 is 1.09 bits per heavy atom. The molecule has 4 nitrogen and oxygen atoms in total. The van der Waals surface area contributed by atoms with Crippen LogP contribution < -0.4 is 0 Å². The number of carbonyl (C=O) groups is 2. The van der Waals surface area contributed by atoms with Crippen LogP contribution in [0, 0.1) is 0 Å². The lowest BCUT2D eigenvalue weighted by Gasteiger charge is -1.83. The third kappa shape index (κ3) is 6.79. The standard InChI is InChI=1S/C6H5BrO4/c7-4(3-6(10)11)1-2-5(8)9/h1-3H,(H,8,9)(H,10,11)/b2-1-,4-3+. The highest BCUT2D eigenvalue weighted by Crippen LogP contribution is 2.05. The summed E-state index contributed by atoms with van der Waals surface area (Å²) in [5.74, 6) is -2.26. The number of rotatable bonds is 3. The lowest BCUT2D eigenvalue weighted by atomic mass is 10.4. The van der Waals surface area contributed by atoms with Gasteiger partial charge in [-0.1, -0.05) is 15.9 Å². The van der Waals surface area contributed by atoms with Crippen LogP contribution >= 0.6 is 15.9 Å². The molecule has 0 aromatic carbocycles. The van der Waals surface area contributed by atoms with Crippen LogP contribution in [-0.4, -0.2) is 22.2 Å². The molecule has 0 aliphatic rings. The summed E-state index contributed by atoms with van der Waals surface area (Å²) < 4.78 is 0.201. The van der Waals surface area contributed by atoms with Gasteiger partial charge in [0.05, 0.1) is 0 Å². The summed E-state index contributed by atoms with van der Waals surface area (Å²) in [5, 5.41) is 16.3. The van der Waals surface area contributed by atoms with E-state index < -0.39 is 11.9 Å². The molecule has 0 bridgehead atoms. The number of hydrogen-bond donors (Lipinski definition) is 2. The molecule has 60 valence electrons. The quantitative estimate of drug-likeness (QED) is 0.550. The van der Waals surface area contributed by atoms with E-state index in [-0.39, 0.29) is 4.48 Å². The minimum atomic E-state index is -1.13. The lowest BCUT2D eigenvalue weighted by Crippen LogP contribution is -1.88. The molecule has 0 aliphatic carbocycles. The fraction of sp³-hybridized carbons (Fsp3) is 0. The first-order valence-corrected chi connectivity index (χ1v) is 3.33. The maximum absolute atomic E-state index is 9.97. The SMILES string of the molecule is O=C(O)/C=C\C(Br)=C/C(=O)O. The van der Waals surface area contributed by atoms with Crippen molar-refractivity contribution in [2.45, 2.75) is 0 Å². The van der Waals surface area contributed by atoms with E-state index in [0.717, 1.165) is 18.2 Å². The molecule has 0 amide bonds. The highest BCUT2D eigenvalue weighted by Gasteiger charge is 1.92. The second-order valence-electron chi connectivity index (χ2n) is 1.54. The maximum Gasteiger partial charge on any atom is 0.329 e. The van der Waals surface area contributed by atoms with Gasteiger partial charge in [0, 0.05) is 16.6 Å². The van der Waals surface area contributed by atoms with E-state index >= 15 is 0 Å². The Morgan fingerprint density at radius 2 is 1.64 bits per heavy atom. The second-order valence-corrected chi connectivity index (χ2v) is 2.45. The second kappa shape index (κ2) is 4.68. The fourth-order valence-corrected chi connectivity index (χ4v) is 0.645. The molecule has 0 atom stereocenters. The molecule has 0 aliphatic heterocycles. The average Bonchev–Trinajstić information content (AvgIpc) is 1.82. The van der Waals surface area contributed by atoms with E-state index in [0.29, 0.717) is 0 Å².